The van der Waals surface area contributed by atoms with E-state index in [0.717, 1.165) is 5.56 Å². The Morgan fingerprint density at radius 2 is 1.70 bits per heavy atom. The standard InChI is InChI=1S/C10H11F3N2.CH4O3S/c11-1-6-7(2-12)9(3-13)15-10-5-14-4-8(6)10;1-5(2,3)4/h14H,1-5H2;1H3,(H,2,3,4). The Labute approximate surface area is 115 Å². The molecule has 0 amide bonds. The van der Waals surface area contributed by atoms with Crippen LogP contribution in [0.25, 0.3) is 0 Å². The fourth-order valence-corrected chi connectivity index (χ4v) is 2.02. The molecule has 2 heterocycles. The Hall–Kier alpha value is -1.19. The maximum Gasteiger partial charge on any atom is 0.132 e. The highest BCUT2D eigenvalue weighted by Crippen LogP contribution is 2.24. The van der Waals surface area contributed by atoms with Gasteiger partial charge in [-0.1, -0.05) is 0 Å². The summed E-state index contributed by atoms with van der Waals surface area (Å²) in [6.45, 7) is -1.19. The van der Waals surface area contributed by atoms with Crippen molar-refractivity contribution in [3.63, 3.8) is 0 Å². The minimum atomic E-state index is -3.92. The van der Waals surface area contributed by atoms with Crippen molar-refractivity contribution >= 4 is 10.1 Å². The van der Waals surface area contributed by atoms with Gasteiger partial charge >= 0.3 is 0 Å². The monoisotopic (exact) mass is 312 g/mol. The third-order valence-electron chi connectivity index (χ3n) is 2.78. The van der Waals surface area contributed by atoms with Crippen LogP contribution in [-0.4, -0.2) is 24.2 Å². The average molecular weight is 312 g/mol. The first-order valence-electron chi connectivity index (χ1n) is 5.74. The van der Waals surface area contributed by atoms with Crippen LogP contribution in [0.2, 0.25) is 0 Å². The zero-order chi connectivity index (χ0) is 15.3. The predicted molar refractivity (Wildman–Crippen MR) is 63.6 cm³/mol. The Kier molecular flexibility index (Phi) is 5.90. The highest BCUT2D eigenvalue weighted by molar-refractivity contribution is 7.84. The first-order valence-corrected chi connectivity index (χ1v) is 7.56. The number of rotatable bonds is 3. The van der Waals surface area contributed by atoms with E-state index in [4.69, 9.17) is 13.0 Å². The van der Waals surface area contributed by atoms with Gasteiger partial charge in [-0.2, -0.15) is 0 Å². The number of hydrogen-bond donors (Lipinski definition) is 1. The molecule has 20 heavy (non-hydrogen) atoms. The summed E-state index contributed by atoms with van der Waals surface area (Å²) in [5.41, 5.74) is 1.92. The fourth-order valence-electron chi connectivity index (χ4n) is 2.02. The minimum Gasteiger partial charge on any atom is -0.748 e. The lowest BCUT2D eigenvalue weighted by molar-refractivity contribution is -0.676. The molecular weight excluding hydrogens is 297 g/mol. The molecule has 0 atom stereocenters. The van der Waals surface area contributed by atoms with E-state index in [-0.39, 0.29) is 11.3 Å². The second-order valence-electron chi connectivity index (χ2n) is 4.24. The van der Waals surface area contributed by atoms with Gasteiger partial charge in [-0.3, -0.25) is 0 Å². The number of hydrogen-bond acceptors (Lipinski definition) is 4. The molecule has 1 aliphatic rings. The van der Waals surface area contributed by atoms with Gasteiger partial charge in [0.2, 0.25) is 0 Å². The molecule has 0 unspecified atom stereocenters. The Morgan fingerprint density at radius 3 is 2.15 bits per heavy atom. The van der Waals surface area contributed by atoms with Crippen molar-refractivity contribution in [2.75, 3.05) is 6.26 Å². The third-order valence-corrected chi connectivity index (χ3v) is 2.78. The van der Waals surface area contributed by atoms with Gasteiger partial charge in [0.1, 0.15) is 38.8 Å². The number of alkyl halides is 3. The largest absolute Gasteiger partial charge is 0.748 e. The fraction of sp³-hybridized carbons (Fsp3) is 0.545. The SMILES string of the molecule is CS(=O)(=O)[O-].FCc1nc2c(c(CF)c1CF)C[NH2+]C2. The van der Waals surface area contributed by atoms with Gasteiger partial charge in [0, 0.05) is 22.9 Å². The summed E-state index contributed by atoms with van der Waals surface area (Å²) in [5.74, 6) is 0. The van der Waals surface area contributed by atoms with Crippen molar-refractivity contribution in [1.82, 2.24) is 4.98 Å². The number of nitrogens with two attached hydrogens (primary N) is 1. The molecule has 5 nitrogen and oxygen atoms in total. The number of aromatic nitrogens is 1. The number of pyridine rings is 1. The van der Waals surface area contributed by atoms with Crippen LogP contribution in [0, 0.1) is 0 Å². The van der Waals surface area contributed by atoms with Gasteiger partial charge in [0.05, 0.1) is 15.8 Å². The molecule has 9 heteroatoms. The second-order valence-corrected chi connectivity index (χ2v) is 5.65. The third kappa shape index (κ3) is 4.43. The number of quaternary nitrogens is 1. The van der Waals surface area contributed by atoms with E-state index in [9.17, 15) is 13.2 Å². The van der Waals surface area contributed by atoms with E-state index in [0.29, 0.717) is 30.6 Å². The molecule has 1 aromatic rings. The lowest BCUT2D eigenvalue weighted by Gasteiger charge is -2.10. The van der Waals surface area contributed by atoms with Crippen molar-refractivity contribution in [3.05, 3.63) is 28.1 Å². The second kappa shape index (κ2) is 7.00. The summed E-state index contributed by atoms with van der Waals surface area (Å²) >= 11 is 0. The van der Waals surface area contributed by atoms with E-state index in [1.807, 2.05) is 5.32 Å². The van der Waals surface area contributed by atoms with Gasteiger partial charge < -0.3 is 9.87 Å². The molecule has 2 rings (SSSR count). The van der Waals surface area contributed by atoms with Crippen LogP contribution >= 0.6 is 0 Å². The quantitative estimate of drug-likeness (QED) is 0.809. The summed E-state index contributed by atoms with van der Waals surface area (Å²) in [6, 6.07) is 0. The summed E-state index contributed by atoms with van der Waals surface area (Å²) in [5, 5.41) is 1.95. The maximum absolute atomic E-state index is 12.8. The van der Waals surface area contributed by atoms with Crippen molar-refractivity contribution < 1.29 is 31.5 Å². The van der Waals surface area contributed by atoms with Crippen molar-refractivity contribution in [1.29, 1.82) is 0 Å². The van der Waals surface area contributed by atoms with E-state index in [1.54, 1.807) is 0 Å². The van der Waals surface area contributed by atoms with Crippen LogP contribution in [0.15, 0.2) is 0 Å². The highest BCUT2D eigenvalue weighted by atomic mass is 32.2. The van der Waals surface area contributed by atoms with Crippen molar-refractivity contribution in [3.8, 4) is 0 Å². The van der Waals surface area contributed by atoms with Gasteiger partial charge in [0.25, 0.3) is 0 Å². The van der Waals surface area contributed by atoms with Crippen molar-refractivity contribution in [2.24, 2.45) is 0 Å². The van der Waals surface area contributed by atoms with Gasteiger partial charge in [-0.15, -0.1) is 0 Å². The van der Waals surface area contributed by atoms with Gasteiger partial charge in [-0.05, 0) is 0 Å². The predicted octanol–water partition coefficient (Wildman–Crippen LogP) is 0.229. The molecule has 0 aliphatic carbocycles. The molecule has 1 aliphatic heterocycles. The molecule has 0 spiro atoms. The zero-order valence-corrected chi connectivity index (χ0v) is 11.6. The first-order chi connectivity index (χ1) is 9.31. The van der Waals surface area contributed by atoms with E-state index >= 15 is 0 Å². The maximum atomic E-state index is 12.8. The zero-order valence-electron chi connectivity index (χ0n) is 10.8. The van der Waals surface area contributed by atoms with Crippen LogP contribution in [0.4, 0.5) is 13.2 Å². The van der Waals surface area contributed by atoms with Crippen LogP contribution < -0.4 is 5.32 Å². The number of halogens is 3. The Bertz CT molecular complexity index is 571. The van der Waals surface area contributed by atoms with Crippen LogP contribution in [0.1, 0.15) is 28.1 Å². The normalized spacial score (nSPS) is 13.7. The number of nitrogens with zero attached hydrogens (tertiary/aromatic N) is 1. The first kappa shape index (κ1) is 16.9. The lowest BCUT2D eigenvalue weighted by atomic mass is 10.0. The summed E-state index contributed by atoms with van der Waals surface area (Å²) < 4.78 is 65.3. The van der Waals surface area contributed by atoms with E-state index in [1.165, 1.54) is 0 Å². The summed E-state index contributed by atoms with van der Waals surface area (Å²) in [7, 11) is -3.92. The molecule has 114 valence electrons. The smallest absolute Gasteiger partial charge is 0.132 e. The van der Waals surface area contributed by atoms with Crippen molar-refractivity contribution in [2.45, 2.75) is 33.1 Å². The molecule has 1 aromatic heterocycles. The Balaban J connectivity index is 0.000000347. The van der Waals surface area contributed by atoms with Crippen LogP contribution in [0.5, 0.6) is 0 Å². The number of fused-ring (bicyclic) bond motifs is 1. The van der Waals surface area contributed by atoms with E-state index in [2.05, 4.69) is 4.98 Å². The van der Waals surface area contributed by atoms with Gasteiger partial charge in [0.15, 0.2) is 0 Å². The molecule has 0 radical (unpaired) electrons. The summed E-state index contributed by atoms with van der Waals surface area (Å²) in [6.07, 6.45) is 0.604. The molecule has 0 bridgehead atoms. The lowest BCUT2D eigenvalue weighted by Crippen LogP contribution is -2.77. The topological polar surface area (TPSA) is 86.7 Å². The molecule has 2 N–H and O–H groups in total. The van der Waals surface area contributed by atoms with E-state index < -0.39 is 30.1 Å². The van der Waals surface area contributed by atoms with Crippen LogP contribution in [0.3, 0.4) is 0 Å². The summed E-state index contributed by atoms with van der Waals surface area (Å²) in [4.78, 5) is 4.04. The van der Waals surface area contributed by atoms with Gasteiger partial charge in [-0.25, -0.2) is 26.6 Å². The highest BCUT2D eigenvalue weighted by Gasteiger charge is 2.24. The molecule has 0 aromatic carbocycles. The molecule has 0 fully saturated rings. The average Bonchev–Trinajstić information content (AvgIpc) is 2.81. The molecule has 0 saturated heterocycles. The Morgan fingerprint density at radius 1 is 1.15 bits per heavy atom. The molecule has 0 saturated carbocycles. The molecular formula is C11H15F3N2O3S. The van der Waals surface area contributed by atoms with Crippen LogP contribution in [-0.2, 0) is 43.2 Å². The minimum absolute atomic E-state index is 0.0548.